The van der Waals surface area contributed by atoms with Crippen LogP contribution in [0.2, 0.25) is 0 Å². The number of nitrogens with one attached hydrogen (secondary N) is 1. The van der Waals surface area contributed by atoms with Crippen molar-refractivity contribution in [3.63, 3.8) is 0 Å². The second-order valence-electron chi connectivity index (χ2n) is 7.22. The lowest BCUT2D eigenvalue weighted by atomic mass is 10.2. The molecule has 7 heteroatoms. The predicted octanol–water partition coefficient (Wildman–Crippen LogP) is 2.91. The van der Waals surface area contributed by atoms with Crippen LogP contribution in [0.4, 0.5) is 0 Å². The van der Waals surface area contributed by atoms with Gasteiger partial charge in [-0.1, -0.05) is 24.3 Å². The molecule has 0 fully saturated rings. The summed E-state index contributed by atoms with van der Waals surface area (Å²) in [6.07, 6.45) is 3.18. The van der Waals surface area contributed by atoms with Crippen LogP contribution in [-0.2, 0) is 24.3 Å². The number of hydrogen-bond acceptors (Lipinski definition) is 4. The van der Waals surface area contributed by atoms with Crippen LogP contribution in [-0.4, -0.2) is 31.6 Å². The zero-order valence-electron chi connectivity index (χ0n) is 17.0. The lowest BCUT2D eigenvalue weighted by Crippen LogP contribution is -2.27. The molecule has 0 aliphatic carbocycles. The molecule has 0 saturated carbocycles. The Labute approximate surface area is 174 Å². The van der Waals surface area contributed by atoms with Crippen LogP contribution in [0.25, 0.3) is 21.9 Å². The first-order valence-electron chi connectivity index (χ1n) is 10.3. The van der Waals surface area contributed by atoms with Crippen molar-refractivity contribution in [2.45, 2.75) is 39.3 Å². The van der Waals surface area contributed by atoms with Crippen LogP contribution >= 0.6 is 0 Å². The highest BCUT2D eigenvalue weighted by molar-refractivity contribution is 5.77. The Balaban J connectivity index is 1.28. The van der Waals surface area contributed by atoms with Crippen molar-refractivity contribution in [1.29, 1.82) is 0 Å². The lowest BCUT2D eigenvalue weighted by molar-refractivity contribution is -0.121. The largest absolute Gasteiger partial charge is 0.356 e. The van der Waals surface area contributed by atoms with E-state index in [2.05, 4.69) is 32.8 Å². The van der Waals surface area contributed by atoms with E-state index < -0.39 is 0 Å². The third-order valence-electron chi connectivity index (χ3n) is 5.25. The van der Waals surface area contributed by atoms with Crippen molar-refractivity contribution in [3.8, 4) is 0 Å². The number of para-hydroxylation sites is 3. The fourth-order valence-corrected chi connectivity index (χ4v) is 3.75. The van der Waals surface area contributed by atoms with Gasteiger partial charge in [-0.05, 0) is 37.6 Å². The number of imidazole rings is 1. The van der Waals surface area contributed by atoms with Crippen LogP contribution in [0, 0.1) is 0 Å². The van der Waals surface area contributed by atoms with E-state index in [0.29, 0.717) is 43.3 Å². The molecule has 1 amide bonds. The topological polar surface area (TPSA) is 81.8 Å². The Morgan fingerprint density at radius 2 is 1.83 bits per heavy atom. The number of rotatable bonds is 8. The molecular weight excluding hydrogens is 378 g/mol. The number of fused-ring (bicyclic) bond motifs is 2. The minimum atomic E-state index is -0.0699. The Morgan fingerprint density at radius 3 is 2.67 bits per heavy atom. The standard InChI is InChI=1S/C23H25N5O2/c1-2-28-20-11-6-5-10-19(20)26-21(28)13-14-24-22(29)12-7-15-27-16-25-18-9-4-3-8-17(18)23(27)30/h3-6,8-11,16H,2,7,12-15H2,1H3,(H,24,29). The maximum Gasteiger partial charge on any atom is 0.261 e. The maximum atomic E-state index is 12.5. The summed E-state index contributed by atoms with van der Waals surface area (Å²) in [6.45, 7) is 3.95. The van der Waals surface area contributed by atoms with E-state index in [1.165, 1.54) is 0 Å². The van der Waals surface area contributed by atoms with E-state index in [1.54, 1.807) is 17.0 Å². The molecule has 7 nitrogen and oxygen atoms in total. The minimum absolute atomic E-state index is 0.0176. The van der Waals surface area contributed by atoms with Gasteiger partial charge in [-0.2, -0.15) is 0 Å². The summed E-state index contributed by atoms with van der Waals surface area (Å²) in [4.78, 5) is 33.7. The van der Waals surface area contributed by atoms with Gasteiger partial charge in [0, 0.05) is 32.5 Å². The number of amides is 1. The second kappa shape index (κ2) is 8.90. The molecule has 2 heterocycles. The molecule has 2 aromatic carbocycles. The van der Waals surface area contributed by atoms with Gasteiger partial charge in [-0.15, -0.1) is 0 Å². The van der Waals surface area contributed by atoms with Crippen molar-refractivity contribution < 1.29 is 4.79 Å². The number of carbonyl (C=O) groups is 1. The Hall–Kier alpha value is -3.48. The van der Waals surface area contributed by atoms with Gasteiger partial charge in [0.1, 0.15) is 5.82 Å². The maximum absolute atomic E-state index is 12.5. The molecule has 2 aromatic heterocycles. The summed E-state index contributed by atoms with van der Waals surface area (Å²) in [5.41, 5.74) is 2.72. The van der Waals surface area contributed by atoms with Gasteiger partial charge in [-0.25, -0.2) is 9.97 Å². The predicted molar refractivity (Wildman–Crippen MR) is 117 cm³/mol. The second-order valence-corrected chi connectivity index (χ2v) is 7.22. The fourth-order valence-electron chi connectivity index (χ4n) is 3.75. The number of benzene rings is 2. The molecule has 4 rings (SSSR count). The van der Waals surface area contributed by atoms with Crippen molar-refractivity contribution in [2.75, 3.05) is 6.54 Å². The van der Waals surface area contributed by atoms with Crippen molar-refractivity contribution >= 4 is 27.8 Å². The molecule has 0 radical (unpaired) electrons. The third-order valence-corrected chi connectivity index (χ3v) is 5.25. The van der Waals surface area contributed by atoms with Crippen molar-refractivity contribution in [3.05, 3.63) is 71.0 Å². The number of hydrogen-bond donors (Lipinski definition) is 1. The molecule has 0 aliphatic rings. The zero-order chi connectivity index (χ0) is 20.9. The summed E-state index contributed by atoms with van der Waals surface area (Å²) in [5, 5.41) is 3.56. The highest BCUT2D eigenvalue weighted by Crippen LogP contribution is 2.16. The smallest absolute Gasteiger partial charge is 0.261 e. The van der Waals surface area contributed by atoms with Gasteiger partial charge >= 0.3 is 0 Å². The van der Waals surface area contributed by atoms with Crippen molar-refractivity contribution in [1.82, 2.24) is 24.4 Å². The summed E-state index contributed by atoms with van der Waals surface area (Å²) in [5.74, 6) is 0.962. The molecular formula is C23H25N5O2. The summed E-state index contributed by atoms with van der Waals surface area (Å²) < 4.78 is 3.75. The molecule has 0 aliphatic heterocycles. The first-order valence-corrected chi connectivity index (χ1v) is 10.3. The van der Waals surface area contributed by atoms with Gasteiger partial charge in [0.15, 0.2) is 0 Å². The van der Waals surface area contributed by atoms with E-state index in [0.717, 1.165) is 23.4 Å². The van der Waals surface area contributed by atoms with E-state index in [9.17, 15) is 9.59 Å². The van der Waals surface area contributed by atoms with Gasteiger partial charge in [0.05, 0.1) is 28.3 Å². The van der Waals surface area contributed by atoms with Crippen molar-refractivity contribution in [2.24, 2.45) is 0 Å². The van der Waals surface area contributed by atoms with E-state index >= 15 is 0 Å². The summed E-state index contributed by atoms with van der Waals surface area (Å²) >= 11 is 0. The van der Waals surface area contributed by atoms with Crippen LogP contribution < -0.4 is 10.9 Å². The molecule has 30 heavy (non-hydrogen) atoms. The molecule has 0 unspecified atom stereocenters. The Bertz CT molecular complexity index is 1240. The monoisotopic (exact) mass is 403 g/mol. The first-order chi connectivity index (χ1) is 14.7. The van der Waals surface area contributed by atoms with Gasteiger partial charge in [0.2, 0.25) is 5.91 Å². The highest BCUT2D eigenvalue weighted by Gasteiger charge is 2.10. The van der Waals surface area contributed by atoms with Gasteiger partial charge < -0.3 is 9.88 Å². The van der Waals surface area contributed by atoms with Crippen LogP contribution in [0.15, 0.2) is 59.7 Å². The van der Waals surface area contributed by atoms with Crippen LogP contribution in [0.1, 0.15) is 25.6 Å². The minimum Gasteiger partial charge on any atom is -0.356 e. The zero-order valence-corrected chi connectivity index (χ0v) is 17.0. The first kappa shape index (κ1) is 19.8. The highest BCUT2D eigenvalue weighted by atomic mass is 16.1. The molecule has 4 aromatic rings. The molecule has 1 N–H and O–H groups in total. The Kier molecular flexibility index (Phi) is 5.88. The van der Waals surface area contributed by atoms with Gasteiger partial charge in [-0.3, -0.25) is 14.2 Å². The normalized spacial score (nSPS) is 11.2. The number of nitrogens with zero attached hydrogens (tertiary/aromatic N) is 4. The quantitative estimate of drug-likeness (QED) is 0.490. The molecule has 0 bridgehead atoms. The van der Waals surface area contributed by atoms with E-state index in [4.69, 9.17) is 0 Å². The number of aryl methyl sites for hydroxylation is 2. The Morgan fingerprint density at radius 1 is 1.07 bits per heavy atom. The molecule has 0 saturated heterocycles. The number of carbonyl (C=O) groups excluding carboxylic acids is 1. The van der Waals surface area contributed by atoms with E-state index in [1.807, 2.05) is 36.4 Å². The average molecular weight is 403 g/mol. The van der Waals surface area contributed by atoms with Crippen LogP contribution in [0.5, 0.6) is 0 Å². The molecule has 0 spiro atoms. The average Bonchev–Trinajstić information content (AvgIpc) is 3.13. The van der Waals surface area contributed by atoms with Crippen LogP contribution in [0.3, 0.4) is 0 Å². The fraction of sp³-hybridized carbons (Fsp3) is 0.304. The SMILES string of the molecule is CCn1c(CCNC(=O)CCCn2cnc3ccccc3c2=O)nc2ccccc21. The summed E-state index contributed by atoms with van der Waals surface area (Å²) in [6, 6.07) is 15.4. The summed E-state index contributed by atoms with van der Waals surface area (Å²) in [7, 11) is 0. The third kappa shape index (κ3) is 4.10. The van der Waals surface area contributed by atoms with Gasteiger partial charge in [0.25, 0.3) is 5.56 Å². The molecule has 0 atom stereocenters. The van der Waals surface area contributed by atoms with E-state index in [-0.39, 0.29) is 11.5 Å². The lowest BCUT2D eigenvalue weighted by Gasteiger charge is -2.08. The number of aromatic nitrogens is 4. The molecule has 154 valence electrons.